The highest BCUT2D eigenvalue weighted by atomic mass is 79.9. The zero-order valence-corrected chi connectivity index (χ0v) is 11.0. The van der Waals surface area contributed by atoms with Crippen LogP contribution in [0.4, 0.5) is 9.18 Å². The first-order chi connectivity index (χ1) is 8.00. The molecule has 0 radical (unpaired) electrons. The van der Waals surface area contributed by atoms with Gasteiger partial charge in [0.2, 0.25) is 0 Å². The molecule has 94 valence electrons. The van der Waals surface area contributed by atoms with Crippen molar-refractivity contribution in [1.29, 1.82) is 0 Å². The summed E-state index contributed by atoms with van der Waals surface area (Å²) in [5, 5.41) is 3.12. The number of hydrogen-bond acceptors (Lipinski definition) is 3. The van der Waals surface area contributed by atoms with Crippen molar-refractivity contribution >= 4 is 22.0 Å². The highest BCUT2D eigenvalue weighted by molar-refractivity contribution is 9.10. The lowest BCUT2D eigenvalue weighted by molar-refractivity contribution is 0.156. The molecular formula is C11H14BrFN2O2. The Kier molecular flexibility index (Phi) is 5.37. The Morgan fingerprint density at radius 1 is 1.65 bits per heavy atom. The summed E-state index contributed by atoms with van der Waals surface area (Å²) in [5.74, 6) is -0.294. The molecule has 0 saturated heterocycles. The van der Waals surface area contributed by atoms with Gasteiger partial charge in [-0.25, -0.2) is 9.18 Å². The molecule has 1 aromatic rings. The van der Waals surface area contributed by atoms with Crippen LogP contribution >= 0.6 is 15.9 Å². The molecule has 0 aliphatic heterocycles. The van der Waals surface area contributed by atoms with Crippen LogP contribution in [-0.4, -0.2) is 19.2 Å². The lowest BCUT2D eigenvalue weighted by atomic mass is 10.1. The number of primary amides is 1. The van der Waals surface area contributed by atoms with Crippen molar-refractivity contribution in [2.75, 3.05) is 13.2 Å². The van der Waals surface area contributed by atoms with Crippen LogP contribution in [0.5, 0.6) is 0 Å². The average Bonchev–Trinajstić information content (AvgIpc) is 2.27. The van der Waals surface area contributed by atoms with Crippen molar-refractivity contribution in [3.05, 3.63) is 34.1 Å². The topological polar surface area (TPSA) is 64.3 Å². The van der Waals surface area contributed by atoms with Gasteiger partial charge in [0.15, 0.2) is 0 Å². The molecule has 0 aliphatic rings. The SMILES string of the molecule is CC(NCCOC(N)=O)c1ccc(F)c(Br)c1. The van der Waals surface area contributed by atoms with Crippen molar-refractivity contribution in [1.82, 2.24) is 5.32 Å². The first-order valence-electron chi connectivity index (χ1n) is 5.11. The molecule has 0 saturated carbocycles. The van der Waals surface area contributed by atoms with Gasteiger partial charge in [-0.05, 0) is 40.5 Å². The minimum Gasteiger partial charge on any atom is -0.448 e. The summed E-state index contributed by atoms with van der Waals surface area (Å²) in [4.78, 5) is 10.3. The number of nitrogens with one attached hydrogen (secondary N) is 1. The van der Waals surface area contributed by atoms with E-state index in [4.69, 9.17) is 5.73 Å². The first-order valence-corrected chi connectivity index (χ1v) is 5.90. The summed E-state index contributed by atoms with van der Waals surface area (Å²) >= 11 is 3.13. The maximum absolute atomic E-state index is 13.0. The molecule has 0 fully saturated rings. The van der Waals surface area contributed by atoms with Crippen LogP contribution in [0.1, 0.15) is 18.5 Å². The fraction of sp³-hybridized carbons (Fsp3) is 0.364. The van der Waals surface area contributed by atoms with Crippen LogP contribution in [0.3, 0.4) is 0 Å². The molecule has 1 unspecified atom stereocenters. The van der Waals surface area contributed by atoms with Crippen LogP contribution in [0.2, 0.25) is 0 Å². The van der Waals surface area contributed by atoms with Gasteiger partial charge in [-0.15, -0.1) is 0 Å². The van der Waals surface area contributed by atoms with E-state index in [-0.39, 0.29) is 18.5 Å². The predicted molar refractivity (Wildman–Crippen MR) is 66.1 cm³/mol. The van der Waals surface area contributed by atoms with Gasteiger partial charge in [0, 0.05) is 12.6 Å². The zero-order valence-electron chi connectivity index (χ0n) is 9.37. The van der Waals surface area contributed by atoms with Crippen molar-refractivity contribution in [2.45, 2.75) is 13.0 Å². The van der Waals surface area contributed by atoms with E-state index in [1.807, 2.05) is 6.92 Å². The Morgan fingerprint density at radius 3 is 2.94 bits per heavy atom. The van der Waals surface area contributed by atoms with Crippen LogP contribution in [0.15, 0.2) is 22.7 Å². The lowest BCUT2D eigenvalue weighted by Gasteiger charge is -2.14. The molecule has 0 aliphatic carbocycles. The summed E-state index contributed by atoms with van der Waals surface area (Å²) in [6, 6.07) is 4.84. The first kappa shape index (κ1) is 13.9. The van der Waals surface area contributed by atoms with Crippen LogP contribution < -0.4 is 11.1 Å². The zero-order chi connectivity index (χ0) is 12.8. The Bertz CT molecular complexity index is 401. The Labute approximate surface area is 107 Å². The highest BCUT2D eigenvalue weighted by Crippen LogP contribution is 2.20. The fourth-order valence-electron chi connectivity index (χ4n) is 1.33. The second-order valence-electron chi connectivity index (χ2n) is 3.52. The molecule has 1 rings (SSSR count). The molecule has 0 aromatic heterocycles. The summed E-state index contributed by atoms with van der Waals surface area (Å²) in [6.07, 6.45) is -0.788. The lowest BCUT2D eigenvalue weighted by Crippen LogP contribution is -2.25. The molecule has 0 bridgehead atoms. The highest BCUT2D eigenvalue weighted by Gasteiger charge is 2.07. The molecule has 17 heavy (non-hydrogen) atoms. The third kappa shape index (κ3) is 4.70. The molecule has 4 nitrogen and oxygen atoms in total. The normalized spacial score (nSPS) is 12.2. The largest absolute Gasteiger partial charge is 0.448 e. The third-order valence-corrected chi connectivity index (χ3v) is 2.85. The standard InChI is InChI=1S/C11H14BrFN2O2/c1-7(15-4-5-17-11(14)16)8-2-3-10(13)9(12)6-8/h2-3,6-7,15H,4-5H2,1H3,(H2,14,16). The maximum atomic E-state index is 13.0. The number of halogens is 2. The molecule has 0 heterocycles. The maximum Gasteiger partial charge on any atom is 0.404 e. The molecular weight excluding hydrogens is 291 g/mol. The van der Waals surface area contributed by atoms with Crippen molar-refractivity contribution in [3.63, 3.8) is 0 Å². The van der Waals surface area contributed by atoms with E-state index in [0.29, 0.717) is 11.0 Å². The molecule has 6 heteroatoms. The van der Waals surface area contributed by atoms with Gasteiger partial charge >= 0.3 is 6.09 Å². The smallest absolute Gasteiger partial charge is 0.404 e. The Balaban J connectivity index is 2.44. The summed E-state index contributed by atoms with van der Waals surface area (Å²) in [7, 11) is 0. The van der Waals surface area contributed by atoms with Gasteiger partial charge in [0.25, 0.3) is 0 Å². The van der Waals surface area contributed by atoms with E-state index in [1.165, 1.54) is 6.07 Å². The van der Waals surface area contributed by atoms with Crippen LogP contribution in [-0.2, 0) is 4.74 Å². The summed E-state index contributed by atoms with van der Waals surface area (Å²) in [5.41, 5.74) is 5.76. The van der Waals surface area contributed by atoms with Crippen LogP contribution in [0, 0.1) is 5.82 Å². The second kappa shape index (κ2) is 6.56. The average molecular weight is 305 g/mol. The quantitative estimate of drug-likeness (QED) is 0.821. The monoisotopic (exact) mass is 304 g/mol. The van der Waals surface area contributed by atoms with Crippen molar-refractivity contribution < 1.29 is 13.9 Å². The summed E-state index contributed by atoms with van der Waals surface area (Å²) in [6.45, 7) is 2.63. The second-order valence-corrected chi connectivity index (χ2v) is 4.37. The molecule has 3 N–H and O–H groups in total. The van der Waals surface area contributed by atoms with E-state index >= 15 is 0 Å². The number of benzene rings is 1. The van der Waals surface area contributed by atoms with E-state index < -0.39 is 6.09 Å². The summed E-state index contributed by atoms with van der Waals surface area (Å²) < 4.78 is 18.0. The molecule has 1 aromatic carbocycles. The van der Waals surface area contributed by atoms with Crippen LogP contribution in [0.25, 0.3) is 0 Å². The van der Waals surface area contributed by atoms with Gasteiger partial charge in [-0.1, -0.05) is 6.07 Å². The van der Waals surface area contributed by atoms with Crippen molar-refractivity contribution in [2.24, 2.45) is 5.73 Å². The van der Waals surface area contributed by atoms with E-state index in [2.05, 4.69) is 26.0 Å². The number of amides is 1. The van der Waals surface area contributed by atoms with E-state index in [1.54, 1.807) is 12.1 Å². The number of carbonyl (C=O) groups is 1. The van der Waals surface area contributed by atoms with Gasteiger partial charge in [0.1, 0.15) is 12.4 Å². The number of hydrogen-bond donors (Lipinski definition) is 2. The molecule has 1 atom stereocenters. The van der Waals surface area contributed by atoms with Gasteiger partial charge in [0.05, 0.1) is 4.47 Å². The van der Waals surface area contributed by atoms with E-state index in [0.717, 1.165) is 5.56 Å². The number of nitrogens with two attached hydrogens (primary N) is 1. The van der Waals surface area contributed by atoms with E-state index in [9.17, 15) is 9.18 Å². The minimum atomic E-state index is -0.788. The predicted octanol–water partition coefficient (Wildman–Crippen LogP) is 2.33. The molecule has 0 spiro atoms. The molecule has 1 amide bonds. The van der Waals surface area contributed by atoms with Crippen molar-refractivity contribution in [3.8, 4) is 0 Å². The third-order valence-electron chi connectivity index (χ3n) is 2.24. The van der Waals surface area contributed by atoms with Gasteiger partial charge in [-0.3, -0.25) is 0 Å². The Morgan fingerprint density at radius 2 is 2.35 bits per heavy atom. The minimum absolute atomic E-state index is 0.0309. The number of carbonyl (C=O) groups excluding carboxylic acids is 1. The van der Waals surface area contributed by atoms with Gasteiger partial charge in [-0.2, -0.15) is 0 Å². The number of ether oxygens (including phenoxy) is 1. The Hall–Kier alpha value is -1.14. The fourth-order valence-corrected chi connectivity index (χ4v) is 1.72. The number of rotatable bonds is 5. The van der Waals surface area contributed by atoms with Gasteiger partial charge < -0.3 is 15.8 Å².